The largest absolute Gasteiger partial charge is 0.481 e. The summed E-state index contributed by atoms with van der Waals surface area (Å²) in [6.45, 7) is 2.29. The second-order valence-electron chi connectivity index (χ2n) is 4.95. The van der Waals surface area contributed by atoms with E-state index in [9.17, 15) is 13.2 Å². The number of hydrogen-bond donors (Lipinski definition) is 1. The van der Waals surface area contributed by atoms with E-state index in [1.807, 2.05) is 6.92 Å². The number of nitrogens with zero attached hydrogens (tertiary/aromatic N) is 1. The SMILES string of the molecule is Cc1ccc(S(=O)(=O)N2CCCC(C(=O)O)C2)cc1Br. The number of benzene rings is 1. The predicted octanol–water partition coefficient (Wildman–Crippen LogP) is 2.24. The molecule has 1 aromatic carbocycles. The first-order valence-corrected chi connectivity index (χ1v) is 8.55. The summed E-state index contributed by atoms with van der Waals surface area (Å²) in [5, 5.41) is 9.04. The van der Waals surface area contributed by atoms with Crippen LogP contribution in [0.3, 0.4) is 0 Å². The van der Waals surface area contributed by atoms with Crippen molar-refractivity contribution in [3.8, 4) is 0 Å². The molecule has 1 saturated heterocycles. The van der Waals surface area contributed by atoms with E-state index in [1.54, 1.807) is 18.2 Å². The molecule has 5 nitrogen and oxygen atoms in total. The van der Waals surface area contributed by atoms with Crippen molar-refractivity contribution in [3.63, 3.8) is 0 Å². The molecule has 0 aromatic heterocycles. The summed E-state index contributed by atoms with van der Waals surface area (Å²) < 4.78 is 27.1. The molecule has 110 valence electrons. The topological polar surface area (TPSA) is 74.7 Å². The smallest absolute Gasteiger partial charge is 0.307 e. The number of aliphatic carboxylic acids is 1. The first-order chi connectivity index (χ1) is 9.32. The van der Waals surface area contributed by atoms with E-state index in [-0.39, 0.29) is 11.4 Å². The van der Waals surface area contributed by atoms with Gasteiger partial charge in [-0.3, -0.25) is 4.79 Å². The Kier molecular flexibility index (Phi) is 4.51. The molecular weight excluding hydrogens is 346 g/mol. The lowest BCUT2D eigenvalue weighted by Crippen LogP contribution is -2.42. The van der Waals surface area contributed by atoms with Crippen LogP contribution in [0.5, 0.6) is 0 Å². The summed E-state index contributed by atoms with van der Waals surface area (Å²) in [6.07, 6.45) is 1.10. The van der Waals surface area contributed by atoms with Crippen molar-refractivity contribution in [1.29, 1.82) is 0 Å². The van der Waals surface area contributed by atoms with Crippen molar-refractivity contribution in [2.24, 2.45) is 5.92 Å². The van der Waals surface area contributed by atoms with Gasteiger partial charge in [0, 0.05) is 17.6 Å². The monoisotopic (exact) mass is 361 g/mol. The molecule has 0 spiro atoms. The van der Waals surface area contributed by atoms with E-state index in [0.717, 1.165) is 10.0 Å². The Labute approximate surface area is 126 Å². The Balaban J connectivity index is 2.29. The normalized spacial score (nSPS) is 20.8. The number of sulfonamides is 1. The van der Waals surface area contributed by atoms with Crippen LogP contribution in [0.2, 0.25) is 0 Å². The Bertz CT molecular complexity index is 629. The number of carbonyl (C=O) groups is 1. The van der Waals surface area contributed by atoms with Gasteiger partial charge < -0.3 is 5.11 Å². The standard InChI is InChI=1S/C13H16BrNO4S/c1-9-4-5-11(7-12(9)14)20(18,19)15-6-2-3-10(8-15)13(16)17/h4-5,7,10H,2-3,6,8H2,1H3,(H,16,17). The van der Waals surface area contributed by atoms with Gasteiger partial charge in [0.05, 0.1) is 10.8 Å². The zero-order valence-corrected chi connectivity index (χ0v) is 13.4. The maximum absolute atomic E-state index is 12.5. The maximum Gasteiger partial charge on any atom is 0.307 e. The summed E-state index contributed by atoms with van der Waals surface area (Å²) in [5.41, 5.74) is 0.950. The first-order valence-electron chi connectivity index (χ1n) is 6.31. The van der Waals surface area contributed by atoms with Gasteiger partial charge in [0.1, 0.15) is 0 Å². The zero-order chi connectivity index (χ0) is 14.9. The van der Waals surface area contributed by atoms with Crippen LogP contribution in [0.25, 0.3) is 0 Å². The number of carboxylic acids is 1. The molecule has 0 bridgehead atoms. The minimum Gasteiger partial charge on any atom is -0.481 e. The lowest BCUT2D eigenvalue weighted by atomic mass is 10.0. The summed E-state index contributed by atoms with van der Waals surface area (Å²) in [5.74, 6) is -1.55. The molecule has 1 aromatic rings. The summed E-state index contributed by atoms with van der Waals surface area (Å²) in [6, 6.07) is 4.85. The fraction of sp³-hybridized carbons (Fsp3) is 0.462. The minimum absolute atomic E-state index is 0.0448. The highest BCUT2D eigenvalue weighted by atomic mass is 79.9. The number of carboxylic acid groups (broad SMARTS) is 1. The molecule has 0 amide bonds. The molecule has 1 unspecified atom stereocenters. The van der Waals surface area contributed by atoms with Crippen LogP contribution >= 0.6 is 15.9 Å². The molecule has 7 heteroatoms. The lowest BCUT2D eigenvalue weighted by Gasteiger charge is -2.29. The van der Waals surface area contributed by atoms with Crippen LogP contribution in [0.15, 0.2) is 27.6 Å². The van der Waals surface area contributed by atoms with E-state index in [2.05, 4.69) is 15.9 Å². The van der Waals surface area contributed by atoms with Gasteiger partial charge in [-0.2, -0.15) is 4.31 Å². The average Bonchev–Trinajstić information content (AvgIpc) is 2.42. The van der Waals surface area contributed by atoms with Gasteiger partial charge in [-0.05, 0) is 37.5 Å². The first kappa shape index (κ1) is 15.5. The third-order valence-electron chi connectivity index (χ3n) is 3.51. The lowest BCUT2D eigenvalue weighted by molar-refractivity contribution is -0.142. The molecule has 20 heavy (non-hydrogen) atoms. The van der Waals surface area contributed by atoms with E-state index >= 15 is 0 Å². The van der Waals surface area contributed by atoms with Crippen molar-refractivity contribution in [2.75, 3.05) is 13.1 Å². The molecule has 0 saturated carbocycles. The highest BCUT2D eigenvalue weighted by Gasteiger charge is 2.33. The van der Waals surface area contributed by atoms with Crippen molar-refractivity contribution in [2.45, 2.75) is 24.7 Å². The van der Waals surface area contributed by atoms with Gasteiger partial charge in [-0.15, -0.1) is 0 Å². The molecule has 0 aliphatic carbocycles. The molecule has 1 fully saturated rings. The van der Waals surface area contributed by atoms with Crippen LogP contribution in [-0.2, 0) is 14.8 Å². The molecular formula is C13H16BrNO4S. The molecule has 1 aliphatic heterocycles. The van der Waals surface area contributed by atoms with Crippen molar-refractivity contribution < 1.29 is 18.3 Å². The Morgan fingerprint density at radius 3 is 2.75 bits per heavy atom. The highest BCUT2D eigenvalue weighted by molar-refractivity contribution is 9.10. The number of rotatable bonds is 3. The van der Waals surface area contributed by atoms with Crippen LogP contribution in [-0.4, -0.2) is 36.9 Å². The molecule has 1 heterocycles. The Morgan fingerprint density at radius 2 is 2.15 bits per heavy atom. The summed E-state index contributed by atoms with van der Waals surface area (Å²) in [4.78, 5) is 11.2. The van der Waals surface area contributed by atoms with Crippen LogP contribution < -0.4 is 0 Å². The number of hydrogen-bond acceptors (Lipinski definition) is 3. The molecule has 1 aliphatic rings. The quantitative estimate of drug-likeness (QED) is 0.895. The molecule has 2 rings (SSSR count). The van der Waals surface area contributed by atoms with Gasteiger partial charge in [-0.1, -0.05) is 22.0 Å². The summed E-state index contributed by atoms with van der Waals surface area (Å²) >= 11 is 3.32. The van der Waals surface area contributed by atoms with Crippen LogP contribution in [0.4, 0.5) is 0 Å². The second-order valence-corrected chi connectivity index (χ2v) is 7.74. The third-order valence-corrected chi connectivity index (χ3v) is 6.23. The van der Waals surface area contributed by atoms with Crippen molar-refractivity contribution in [1.82, 2.24) is 4.31 Å². The fourth-order valence-corrected chi connectivity index (χ4v) is 4.33. The van der Waals surface area contributed by atoms with Crippen LogP contribution in [0, 0.1) is 12.8 Å². The number of piperidine rings is 1. The van der Waals surface area contributed by atoms with Gasteiger partial charge in [-0.25, -0.2) is 8.42 Å². The predicted molar refractivity (Wildman–Crippen MR) is 78.0 cm³/mol. The number of halogens is 1. The van der Waals surface area contributed by atoms with Crippen molar-refractivity contribution >= 4 is 31.9 Å². The molecule has 0 radical (unpaired) electrons. The Morgan fingerprint density at radius 1 is 1.45 bits per heavy atom. The number of aryl methyl sites for hydroxylation is 1. The second kappa shape index (κ2) is 5.83. The van der Waals surface area contributed by atoms with Gasteiger partial charge in [0.2, 0.25) is 10.0 Å². The fourth-order valence-electron chi connectivity index (χ4n) is 2.25. The van der Waals surface area contributed by atoms with E-state index in [1.165, 1.54) is 4.31 Å². The molecule has 1 atom stereocenters. The highest BCUT2D eigenvalue weighted by Crippen LogP contribution is 2.26. The van der Waals surface area contributed by atoms with E-state index < -0.39 is 21.9 Å². The van der Waals surface area contributed by atoms with E-state index in [4.69, 9.17) is 5.11 Å². The van der Waals surface area contributed by atoms with E-state index in [0.29, 0.717) is 19.4 Å². The third kappa shape index (κ3) is 3.05. The van der Waals surface area contributed by atoms with Crippen LogP contribution in [0.1, 0.15) is 18.4 Å². The Hall–Kier alpha value is -0.920. The molecule has 1 N–H and O–H groups in total. The van der Waals surface area contributed by atoms with Gasteiger partial charge in [0.25, 0.3) is 0 Å². The average molecular weight is 362 g/mol. The van der Waals surface area contributed by atoms with Gasteiger partial charge >= 0.3 is 5.97 Å². The maximum atomic E-state index is 12.5. The van der Waals surface area contributed by atoms with Crippen molar-refractivity contribution in [3.05, 3.63) is 28.2 Å². The zero-order valence-electron chi connectivity index (χ0n) is 11.0. The summed E-state index contributed by atoms with van der Waals surface area (Å²) in [7, 11) is -3.63. The minimum atomic E-state index is -3.63. The van der Waals surface area contributed by atoms with Gasteiger partial charge in [0.15, 0.2) is 0 Å².